The van der Waals surface area contributed by atoms with Crippen LogP contribution >= 0.6 is 11.6 Å². The molecule has 0 bridgehead atoms. The topological polar surface area (TPSA) is 95.7 Å². The van der Waals surface area contributed by atoms with E-state index in [1.807, 2.05) is 0 Å². The van der Waals surface area contributed by atoms with E-state index in [0.717, 1.165) is 18.2 Å². The maximum Gasteiger partial charge on any atom is 0.458 e. The van der Waals surface area contributed by atoms with Crippen LogP contribution in [0.2, 0.25) is 5.02 Å². The van der Waals surface area contributed by atoms with Gasteiger partial charge in [-0.05, 0) is 42.5 Å². The molecule has 0 aliphatic rings. The highest BCUT2D eigenvalue weighted by Gasteiger charge is 2.58. The lowest BCUT2D eigenvalue weighted by Crippen LogP contribution is -2.33. The second kappa shape index (κ2) is 11.6. The highest BCUT2D eigenvalue weighted by molar-refractivity contribution is 6.32. The molecule has 0 atom stereocenters. The Labute approximate surface area is 204 Å². The van der Waals surface area contributed by atoms with Gasteiger partial charge in [-0.15, -0.1) is 0 Å². The number of esters is 1. The molecule has 0 fully saturated rings. The van der Waals surface area contributed by atoms with Gasteiger partial charge in [-0.2, -0.15) is 22.0 Å². The predicted octanol–water partition coefficient (Wildman–Crippen LogP) is 6.02. The van der Waals surface area contributed by atoms with Crippen LogP contribution in [-0.2, 0) is 15.5 Å². The van der Waals surface area contributed by atoms with Crippen molar-refractivity contribution < 1.29 is 50.2 Å². The highest BCUT2D eigenvalue weighted by Crippen LogP contribution is 2.45. The minimum Gasteiger partial charge on any atom is -0.455 e. The molecule has 0 saturated carbocycles. The summed E-state index contributed by atoms with van der Waals surface area (Å²) in [6.45, 7) is 0.120. The number of nitrogens with two attached hydrogens (primary N) is 1. The number of hydrogen-bond donors (Lipinski definition) is 1. The lowest BCUT2D eigenvalue weighted by Gasteiger charge is -2.21. The Hall–Kier alpha value is -4.06. The average Bonchev–Trinajstić information content (AvgIpc) is 2.81. The van der Waals surface area contributed by atoms with Crippen LogP contribution in [0, 0.1) is 5.82 Å². The smallest absolute Gasteiger partial charge is 0.455 e. The molecule has 3 rings (SSSR count). The molecule has 13 heteroatoms. The molecule has 1 amide bonds. The third-order valence-electron chi connectivity index (χ3n) is 4.24. The van der Waals surface area contributed by atoms with Crippen molar-refractivity contribution in [1.29, 1.82) is 0 Å². The Morgan fingerprint density at radius 2 is 1.53 bits per heavy atom. The summed E-state index contributed by atoms with van der Waals surface area (Å²) in [5.41, 5.74) is 3.51. The van der Waals surface area contributed by atoms with Gasteiger partial charge >= 0.3 is 24.5 Å². The fraction of sp³-hybridized carbons (Fsp3) is 0.0870. The van der Waals surface area contributed by atoms with Gasteiger partial charge in [0.05, 0.1) is 16.1 Å². The van der Waals surface area contributed by atoms with Gasteiger partial charge < -0.3 is 15.2 Å². The lowest BCUT2D eigenvalue weighted by molar-refractivity contribution is -0.289. The maximum atomic E-state index is 13.5. The fourth-order valence-corrected chi connectivity index (χ4v) is 2.74. The van der Waals surface area contributed by atoms with Gasteiger partial charge in [0.2, 0.25) is 0 Å². The van der Waals surface area contributed by atoms with Crippen molar-refractivity contribution in [1.82, 2.24) is 0 Å². The van der Waals surface area contributed by atoms with Crippen molar-refractivity contribution in [3.05, 3.63) is 94.3 Å². The molecule has 0 aromatic heterocycles. The Balaban J connectivity index is 0.000000346. The van der Waals surface area contributed by atoms with Crippen molar-refractivity contribution in [2.45, 2.75) is 12.1 Å². The zero-order valence-electron chi connectivity index (χ0n) is 17.7. The molecule has 0 radical (unpaired) electrons. The van der Waals surface area contributed by atoms with Crippen molar-refractivity contribution >= 4 is 29.9 Å². The van der Waals surface area contributed by atoms with Crippen molar-refractivity contribution in [2.75, 3.05) is 0 Å². The summed E-state index contributed by atoms with van der Waals surface area (Å²) in [6.07, 6.45) is -5.86. The predicted molar refractivity (Wildman–Crippen MR) is 114 cm³/mol. The number of ether oxygens (including phenoxy) is 2. The van der Waals surface area contributed by atoms with Gasteiger partial charge in [-0.3, -0.25) is 9.59 Å². The summed E-state index contributed by atoms with van der Waals surface area (Å²) in [6, 6.07) is 12.5. The molecule has 0 aliphatic carbocycles. The summed E-state index contributed by atoms with van der Waals surface area (Å²) >= 11 is 5.70. The van der Waals surface area contributed by atoms with Crippen LogP contribution in [-0.4, -0.2) is 24.5 Å². The van der Waals surface area contributed by atoms with Crippen LogP contribution in [0.3, 0.4) is 0 Å². The van der Waals surface area contributed by atoms with E-state index < -0.39 is 46.7 Å². The molecule has 3 aromatic rings. The number of rotatable bonds is 6. The monoisotopic (exact) mass is 533 g/mol. The largest absolute Gasteiger partial charge is 0.458 e. The molecule has 6 nitrogen and oxygen atoms in total. The van der Waals surface area contributed by atoms with E-state index in [9.17, 15) is 40.7 Å². The minimum atomic E-state index is -5.86. The van der Waals surface area contributed by atoms with Crippen molar-refractivity contribution in [3.8, 4) is 11.5 Å². The van der Waals surface area contributed by atoms with Gasteiger partial charge in [0, 0.05) is 5.56 Å². The summed E-state index contributed by atoms with van der Waals surface area (Å²) in [7, 11) is 0. The standard InChI is InChI=1S/C15H8ClF6NO2.C8H6O3/c16-10-6-8(17)2-4-11(10)25-12-5-7(1-3-9(12)13(23)24)14(18,19)15(20,21)22;9-6-11-8(10)7-4-2-1-3-5-7/h1-6H,(H2,23,24);1-6H. The number of benzene rings is 3. The zero-order valence-corrected chi connectivity index (χ0v) is 18.4. The SMILES string of the molecule is NC(=O)c1ccc(C(F)(F)C(F)(F)F)cc1Oc1ccc(F)cc1Cl.O=COC(=O)c1ccccc1. The van der Waals surface area contributed by atoms with Crippen LogP contribution in [0.25, 0.3) is 0 Å². The van der Waals surface area contributed by atoms with Crippen LogP contribution in [0.15, 0.2) is 66.7 Å². The summed E-state index contributed by atoms with van der Waals surface area (Å²) in [5.74, 6) is -8.62. The van der Waals surface area contributed by atoms with Gasteiger partial charge in [0.25, 0.3) is 5.91 Å². The number of alkyl halides is 5. The number of amides is 1. The maximum absolute atomic E-state index is 13.5. The molecule has 0 aliphatic heterocycles. The minimum absolute atomic E-state index is 0.120. The Bertz CT molecular complexity index is 1250. The summed E-state index contributed by atoms with van der Waals surface area (Å²) in [4.78, 5) is 31.9. The van der Waals surface area contributed by atoms with E-state index in [2.05, 4.69) is 4.74 Å². The zero-order chi connectivity index (χ0) is 27.1. The van der Waals surface area contributed by atoms with Crippen molar-refractivity contribution in [2.24, 2.45) is 5.73 Å². The van der Waals surface area contributed by atoms with Crippen LogP contribution in [0.5, 0.6) is 11.5 Å². The van der Waals surface area contributed by atoms with Gasteiger partial charge in [-0.25, -0.2) is 9.18 Å². The number of primary amides is 1. The first-order valence-electron chi connectivity index (χ1n) is 9.49. The molecule has 0 unspecified atom stereocenters. The summed E-state index contributed by atoms with van der Waals surface area (Å²) in [5, 5.41) is -0.289. The van der Waals surface area contributed by atoms with E-state index >= 15 is 0 Å². The molecule has 0 heterocycles. The van der Waals surface area contributed by atoms with Crippen molar-refractivity contribution in [3.63, 3.8) is 0 Å². The molecule has 36 heavy (non-hydrogen) atoms. The quantitative estimate of drug-likeness (QED) is 0.181. The normalized spacial score (nSPS) is 11.1. The van der Waals surface area contributed by atoms with Crippen LogP contribution in [0.1, 0.15) is 26.3 Å². The third kappa shape index (κ3) is 6.98. The molecular weight excluding hydrogens is 520 g/mol. The Morgan fingerprint density at radius 1 is 0.889 bits per heavy atom. The molecule has 2 N–H and O–H groups in total. The highest BCUT2D eigenvalue weighted by atomic mass is 35.5. The van der Waals surface area contributed by atoms with Gasteiger partial charge in [0.1, 0.15) is 17.3 Å². The number of carbonyl (C=O) groups is 3. The Kier molecular flexibility index (Phi) is 9.06. The van der Waals surface area contributed by atoms with E-state index in [-0.39, 0.29) is 17.2 Å². The Morgan fingerprint density at radius 3 is 2.06 bits per heavy atom. The van der Waals surface area contributed by atoms with Crippen LogP contribution < -0.4 is 10.5 Å². The fourth-order valence-electron chi connectivity index (χ4n) is 2.53. The number of halogens is 7. The van der Waals surface area contributed by atoms with Gasteiger partial charge in [0.15, 0.2) is 0 Å². The summed E-state index contributed by atoms with van der Waals surface area (Å²) < 4.78 is 86.7. The van der Waals surface area contributed by atoms with Crippen LogP contribution in [0.4, 0.5) is 26.3 Å². The first kappa shape index (κ1) is 28.2. The molecule has 0 saturated heterocycles. The molecule has 190 valence electrons. The molecule has 3 aromatic carbocycles. The molecular formula is C23H14ClF6NO5. The van der Waals surface area contributed by atoms with Gasteiger partial charge in [-0.1, -0.05) is 35.9 Å². The third-order valence-corrected chi connectivity index (χ3v) is 4.54. The van der Waals surface area contributed by atoms with E-state index in [0.29, 0.717) is 23.8 Å². The van der Waals surface area contributed by atoms with E-state index in [4.69, 9.17) is 22.1 Å². The first-order valence-corrected chi connectivity index (χ1v) is 9.87. The first-order chi connectivity index (χ1) is 16.8. The second-order valence-corrected chi connectivity index (χ2v) is 7.10. The molecule has 0 spiro atoms. The lowest BCUT2D eigenvalue weighted by atomic mass is 10.0. The average molecular weight is 534 g/mol. The van der Waals surface area contributed by atoms with E-state index in [1.165, 1.54) is 0 Å². The number of hydrogen-bond acceptors (Lipinski definition) is 5. The second-order valence-electron chi connectivity index (χ2n) is 6.69. The number of carbonyl (C=O) groups excluding carboxylic acids is 3. The van der Waals surface area contributed by atoms with E-state index in [1.54, 1.807) is 30.3 Å².